The van der Waals surface area contributed by atoms with Crippen LogP contribution in [0.15, 0.2) is 36.4 Å². The smallest absolute Gasteiger partial charge is 0.416 e. The highest BCUT2D eigenvalue weighted by Gasteiger charge is 2.30. The summed E-state index contributed by atoms with van der Waals surface area (Å²) < 4.78 is 37.6. The number of hydrogen-bond donors (Lipinski definition) is 1. The molecule has 0 atom stereocenters. The fraction of sp³-hybridized carbons (Fsp3) is 0.0833. The lowest BCUT2D eigenvalue weighted by atomic mass is 10.1. The number of nitrogens with zero attached hydrogens (tertiary/aromatic N) is 2. The fourth-order valence-electron chi connectivity index (χ4n) is 1.46. The normalized spacial score (nSPS) is 11.3. The van der Waals surface area contributed by atoms with Crippen LogP contribution in [0.25, 0.3) is 11.3 Å². The summed E-state index contributed by atoms with van der Waals surface area (Å²) in [4.78, 5) is 10.6. The van der Waals surface area contributed by atoms with Gasteiger partial charge in [-0.3, -0.25) is 0 Å². The van der Waals surface area contributed by atoms with Gasteiger partial charge in [-0.15, -0.1) is 10.2 Å². The molecule has 2 aromatic rings. The first-order chi connectivity index (χ1) is 8.88. The van der Waals surface area contributed by atoms with E-state index >= 15 is 0 Å². The molecule has 98 valence electrons. The number of rotatable bonds is 2. The Morgan fingerprint density at radius 3 is 2.37 bits per heavy atom. The van der Waals surface area contributed by atoms with Crippen LogP contribution in [0.2, 0.25) is 0 Å². The lowest BCUT2D eigenvalue weighted by Gasteiger charge is -2.08. The van der Waals surface area contributed by atoms with E-state index in [2.05, 4.69) is 10.2 Å². The van der Waals surface area contributed by atoms with E-state index in [9.17, 15) is 18.0 Å². The van der Waals surface area contributed by atoms with E-state index in [1.165, 1.54) is 24.3 Å². The van der Waals surface area contributed by atoms with Crippen LogP contribution in [0.1, 0.15) is 16.1 Å². The van der Waals surface area contributed by atoms with E-state index in [-0.39, 0.29) is 17.0 Å². The molecule has 1 heterocycles. The second-order valence-electron chi connectivity index (χ2n) is 3.69. The van der Waals surface area contributed by atoms with E-state index in [1.807, 2.05) is 0 Å². The molecule has 0 bridgehead atoms. The molecular weight excluding hydrogens is 261 g/mol. The van der Waals surface area contributed by atoms with E-state index < -0.39 is 17.7 Å². The molecule has 1 aromatic carbocycles. The van der Waals surface area contributed by atoms with Crippen molar-refractivity contribution >= 4 is 5.97 Å². The van der Waals surface area contributed by atoms with E-state index in [1.54, 1.807) is 0 Å². The van der Waals surface area contributed by atoms with E-state index in [0.717, 1.165) is 12.1 Å². The first kappa shape index (κ1) is 13.0. The Labute approximate surface area is 105 Å². The number of benzene rings is 1. The predicted molar refractivity (Wildman–Crippen MR) is 59.4 cm³/mol. The van der Waals surface area contributed by atoms with Crippen LogP contribution >= 0.6 is 0 Å². The number of aromatic carboxylic acids is 1. The number of hydrogen-bond acceptors (Lipinski definition) is 3. The molecular formula is C12H7F3N2O2. The molecule has 4 nitrogen and oxygen atoms in total. The summed E-state index contributed by atoms with van der Waals surface area (Å²) in [5, 5.41) is 15.7. The Hall–Kier alpha value is -2.44. The van der Waals surface area contributed by atoms with E-state index in [4.69, 9.17) is 5.11 Å². The zero-order chi connectivity index (χ0) is 14.0. The minimum absolute atomic E-state index is 0.177. The highest BCUT2D eigenvalue weighted by molar-refractivity contribution is 5.85. The predicted octanol–water partition coefficient (Wildman–Crippen LogP) is 2.86. The van der Waals surface area contributed by atoms with Crippen LogP contribution in [0, 0.1) is 0 Å². The first-order valence-corrected chi connectivity index (χ1v) is 5.12. The van der Waals surface area contributed by atoms with Crippen molar-refractivity contribution in [2.75, 3.05) is 0 Å². The van der Waals surface area contributed by atoms with Gasteiger partial charge < -0.3 is 5.11 Å². The van der Waals surface area contributed by atoms with Crippen molar-refractivity contribution in [2.45, 2.75) is 6.18 Å². The third kappa shape index (κ3) is 2.87. The second-order valence-corrected chi connectivity index (χ2v) is 3.69. The number of carboxylic acid groups (broad SMARTS) is 1. The van der Waals surface area contributed by atoms with Crippen LogP contribution in [-0.2, 0) is 6.18 Å². The molecule has 0 amide bonds. The molecule has 0 unspecified atom stereocenters. The molecule has 2 rings (SSSR count). The van der Waals surface area contributed by atoms with Gasteiger partial charge in [-0.1, -0.05) is 12.1 Å². The molecule has 0 aliphatic carbocycles. The molecule has 0 saturated heterocycles. The number of aromatic nitrogens is 2. The van der Waals surface area contributed by atoms with Crippen molar-refractivity contribution in [1.29, 1.82) is 0 Å². The summed E-state index contributed by atoms with van der Waals surface area (Å²) in [5.41, 5.74) is -0.666. The number of carboxylic acids is 1. The zero-order valence-corrected chi connectivity index (χ0v) is 9.35. The molecule has 1 N–H and O–H groups in total. The average molecular weight is 268 g/mol. The largest absolute Gasteiger partial charge is 0.476 e. The molecule has 7 heteroatoms. The third-order valence-electron chi connectivity index (χ3n) is 2.37. The molecule has 0 aliphatic heterocycles. The lowest BCUT2D eigenvalue weighted by Crippen LogP contribution is -2.05. The van der Waals surface area contributed by atoms with Crippen molar-refractivity contribution < 1.29 is 23.1 Å². The van der Waals surface area contributed by atoms with Gasteiger partial charge >= 0.3 is 12.1 Å². The quantitative estimate of drug-likeness (QED) is 0.909. The van der Waals surface area contributed by atoms with Gasteiger partial charge in [0.1, 0.15) is 0 Å². The van der Waals surface area contributed by atoms with Crippen LogP contribution in [0.4, 0.5) is 13.2 Å². The van der Waals surface area contributed by atoms with Crippen LogP contribution in [-0.4, -0.2) is 21.3 Å². The lowest BCUT2D eigenvalue weighted by molar-refractivity contribution is -0.137. The van der Waals surface area contributed by atoms with Gasteiger partial charge in [0.05, 0.1) is 11.3 Å². The monoisotopic (exact) mass is 268 g/mol. The average Bonchev–Trinajstić information content (AvgIpc) is 2.38. The third-order valence-corrected chi connectivity index (χ3v) is 2.37. The highest BCUT2D eigenvalue weighted by atomic mass is 19.4. The van der Waals surface area contributed by atoms with Gasteiger partial charge in [-0.05, 0) is 24.3 Å². The van der Waals surface area contributed by atoms with Crippen molar-refractivity contribution in [1.82, 2.24) is 10.2 Å². The first-order valence-electron chi connectivity index (χ1n) is 5.12. The van der Waals surface area contributed by atoms with Gasteiger partial charge in [0.2, 0.25) is 0 Å². The molecule has 0 spiro atoms. The zero-order valence-electron chi connectivity index (χ0n) is 9.35. The van der Waals surface area contributed by atoms with E-state index in [0.29, 0.717) is 0 Å². The van der Waals surface area contributed by atoms with Gasteiger partial charge in [-0.2, -0.15) is 13.2 Å². The van der Waals surface area contributed by atoms with Crippen molar-refractivity contribution in [3.63, 3.8) is 0 Å². The number of alkyl halides is 3. The molecule has 0 radical (unpaired) electrons. The topological polar surface area (TPSA) is 63.1 Å². The fourth-order valence-corrected chi connectivity index (χ4v) is 1.46. The molecule has 19 heavy (non-hydrogen) atoms. The Morgan fingerprint density at radius 1 is 1.11 bits per heavy atom. The van der Waals surface area contributed by atoms with Crippen molar-refractivity contribution in [2.24, 2.45) is 0 Å². The molecule has 1 aromatic heterocycles. The van der Waals surface area contributed by atoms with Gasteiger partial charge in [0, 0.05) is 5.56 Å². The summed E-state index contributed by atoms with van der Waals surface area (Å²) in [6.07, 6.45) is -4.44. The van der Waals surface area contributed by atoms with Crippen LogP contribution in [0.3, 0.4) is 0 Å². The Bertz CT molecular complexity index is 609. The number of halogens is 3. The molecule has 0 saturated carbocycles. The van der Waals surface area contributed by atoms with Gasteiger partial charge in [-0.25, -0.2) is 4.79 Å². The SMILES string of the molecule is O=C(O)c1ccc(-c2cccc(C(F)(F)F)c2)nn1. The summed E-state index contributed by atoms with van der Waals surface area (Å²) in [7, 11) is 0. The van der Waals surface area contributed by atoms with Gasteiger partial charge in [0.25, 0.3) is 0 Å². The Morgan fingerprint density at radius 2 is 1.84 bits per heavy atom. The van der Waals surface area contributed by atoms with Gasteiger partial charge in [0.15, 0.2) is 5.69 Å². The Kier molecular flexibility index (Phi) is 3.20. The van der Waals surface area contributed by atoms with Crippen LogP contribution in [0.5, 0.6) is 0 Å². The summed E-state index contributed by atoms with van der Waals surface area (Å²) >= 11 is 0. The minimum Gasteiger partial charge on any atom is -0.476 e. The maximum absolute atomic E-state index is 12.5. The summed E-state index contributed by atoms with van der Waals surface area (Å²) in [6.45, 7) is 0. The maximum Gasteiger partial charge on any atom is 0.416 e. The standard InChI is InChI=1S/C12H7F3N2O2/c13-12(14,15)8-3-1-2-7(6-8)9-4-5-10(11(18)19)17-16-9/h1-6H,(H,18,19). The minimum atomic E-state index is -4.44. The number of carbonyl (C=O) groups is 1. The summed E-state index contributed by atoms with van der Waals surface area (Å²) in [5.74, 6) is -1.25. The maximum atomic E-state index is 12.5. The molecule has 0 aliphatic rings. The highest BCUT2D eigenvalue weighted by Crippen LogP contribution is 2.31. The Balaban J connectivity index is 2.39. The summed E-state index contributed by atoms with van der Waals surface area (Å²) in [6, 6.07) is 7.08. The second kappa shape index (κ2) is 4.68. The molecule has 0 fully saturated rings. The van der Waals surface area contributed by atoms with Crippen molar-refractivity contribution in [3.05, 3.63) is 47.7 Å². The van der Waals surface area contributed by atoms with Crippen LogP contribution < -0.4 is 0 Å². The van der Waals surface area contributed by atoms with Crippen molar-refractivity contribution in [3.8, 4) is 11.3 Å².